The number of piperazine rings is 1. The van der Waals surface area contributed by atoms with Gasteiger partial charge in [-0.3, -0.25) is 9.69 Å². The second kappa shape index (κ2) is 10.5. The van der Waals surface area contributed by atoms with E-state index in [1.807, 2.05) is 31.0 Å². The molecule has 0 atom stereocenters. The Kier molecular flexibility index (Phi) is 7.21. The summed E-state index contributed by atoms with van der Waals surface area (Å²) in [4.78, 5) is 29.7. The molecule has 3 heterocycles. The van der Waals surface area contributed by atoms with E-state index in [9.17, 15) is 18.0 Å². The largest absolute Gasteiger partial charge is 0.416 e. The zero-order valence-corrected chi connectivity index (χ0v) is 22.5. The first-order valence-electron chi connectivity index (χ1n) is 13.0. The molecule has 1 aromatic heterocycles. The third kappa shape index (κ3) is 5.28. The van der Waals surface area contributed by atoms with Crippen LogP contribution in [-0.4, -0.2) is 72.5 Å². The number of fused-ring (bicyclic) bond motifs is 2. The van der Waals surface area contributed by atoms with Crippen LogP contribution in [-0.2, 0) is 12.7 Å². The maximum atomic E-state index is 14.1. The van der Waals surface area contributed by atoms with Crippen LogP contribution in [0.3, 0.4) is 0 Å². The molecule has 0 saturated carbocycles. The van der Waals surface area contributed by atoms with Crippen LogP contribution in [0, 0.1) is 6.92 Å². The van der Waals surface area contributed by atoms with E-state index in [0.717, 1.165) is 50.0 Å². The summed E-state index contributed by atoms with van der Waals surface area (Å²) in [5.74, 6) is 0.412. The fourth-order valence-corrected chi connectivity index (χ4v) is 5.27. The number of benzene rings is 2. The Bertz CT molecular complexity index is 1390. The molecule has 3 aromatic rings. The first-order chi connectivity index (χ1) is 18.6. The summed E-state index contributed by atoms with van der Waals surface area (Å²) in [6.45, 7) is 8.37. The van der Waals surface area contributed by atoms with E-state index < -0.39 is 11.7 Å². The number of carbonyl (C=O) groups is 1. The normalized spacial score (nSPS) is 16.6. The van der Waals surface area contributed by atoms with Gasteiger partial charge < -0.3 is 20.0 Å². The van der Waals surface area contributed by atoms with E-state index in [2.05, 4.69) is 32.0 Å². The van der Waals surface area contributed by atoms with Gasteiger partial charge in [-0.15, -0.1) is 0 Å². The maximum absolute atomic E-state index is 14.1. The SMILES string of the molecule is CCN1CCN(Cc2ccc(Nc3ncc4c(n3)N(C)c3c(C)cccc3C(=O)N4C)cc2C(F)(F)F)CC1. The molecule has 1 saturated heterocycles. The Balaban J connectivity index is 1.43. The lowest BCUT2D eigenvalue weighted by atomic mass is 10.0. The lowest BCUT2D eigenvalue weighted by molar-refractivity contribution is -0.138. The molecule has 1 N–H and O–H groups in total. The average molecular weight is 540 g/mol. The molecule has 2 aliphatic rings. The van der Waals surface area contributed by atoms with E-state index >= 15 is 0 Å². The number of hydrogen-bond donors (Lipinski definition) is 1. The molecule has 0 unspecified atom stereocenters. The van der Waals surface area contributed by atoms with Crippen LogP contribution < -0.4 is 15.1 Å². The molecule has 0 spiro atoms. The summed E-state index contributed by atoms with van der Waals surface area (Å²) in [6.07, 6.45) is -2.99. The van der Waals surface area contributed by atoms with Crippen LogP contribution in [0.15, 0.2) is 42.6 Å². The van der Waals surface area contributed by atoms with Gasteiger partial charge in [0.15, 0.2) is 5.82 Å². The number of carbonyl (C=O) groups excluding carboxylic acids is 1. The lowest BCUT2D eigenvalue weighted by Gasteiger charge is -2.34. The minimum Gasteiger partial charge on any atom is -0.327 e. The molecular weight excluding hydrogens is 507 g/mol. The predicted molar refractivity (Wildman–Crippen MR) is 146 cm³/mol. The van der Waals surface area contributed by atoms with Gasteiger partial charge in [-0.05, 0) is 42.8 Å². The number of anilines is 5. The van der Waals surface area contributed by atoms with Crippen LogP contribution in [0.2, 0.25) is 0 Å². The van der Waals surface area contributed by atoms with Crippen molar-refractivity contribution in [2.45, 2.75) is 26.6 Å². The van der Waals surface area contributed by atoms with Gasteiger partial charge in [0.05, 0.1) is 23.0 Å². The fraction of sp³-hybridized carbons (Fsp3) is 0.393. The predicted octanol–water partition coefficient (Wildman–Crippen LogP) is 5.04. The van der Waals surface area contributed by atoms with Crippen molar-refractivity contribution < 1.29 is 18.0 Å². The minimum absolute atomic E-state index is 0.134. The highest BCUT2D eigenvalue weighted by Gasteiger charge is 2.35. The first-order valence-corrected chi connectivity index (χ1v) is 13.0. The van der Waals surface area contributed by atoms with Crippen LogP contribution in [0.5, 0.6) is 0 Å². The zero-order valence-electron chi connectivity index (χ0n) is 22.5. The highest BCUT2D eigenvalue weighted by molar-refractivity contribution is 6.13. The summed E-state index contributed by atoms with van der Waals surface area (Å²) in [7, 11) is 3.46. The molecule has 2 aromatic carbocycles. The van der Waals surface area contributed by atoms with Crippen molar-refractivity contribution in [3.05, 3.63) is 64.8 Å². The van der Waals surface area contributed by atoms with Gasteiger partial charge in [0, 0.05) is 52.5 Å². The van der Waals surface area contributed by atoms with Crippen molar-refractivity contribution in [3.63, 3.8) is 0 Å². The van der Waals surface area contributed by atoms with E-state index in [1.165, 1.54) is 17.2 Å². The molecule has 8 nitrogen and oxygen atoms in total. The van der Waals surface area contributed by atoms with Crippen LogP contribution in [0.25, 0.3) is 0 Å². The second-order valence-corrected chi connectivity index (χ2v) is 10.0. The third-order valence-corrected chi connectivity index (χ3v) is 7.51. The van der Waals surface area contributed by atoms with Gasteiger partial charge in [-0.2, -0.15) is 18.2 Å². The third-order valence-electron chi connectivity index (χ3n) is 7.51. The number of alkyl halides is 3. The number of hydrogen-bond acceptors (Lipinski definition) is 7. The van der Waals surface area contributed by atoms with E-state index in [1.54, 1.807) is 19.2 Å². The van der Waals surface area contributed by atoms with Gasteiger partial charge >= 0.3 is 6.18 Å². The Labute approximate surface area is 226 Å². The first kappa shape index (κ1) is 26.9. The quantitative estimate of drug-likeness (QED) is 0.487. The van der Waals surface area contributed by atoms with Crippen molar-refractivity contribution >= 4 is 34.7 Å². The number of aryl methyl sites for hydroxylation is 1. The number of nitrogens with one attached hydrogen (secondary N) is 1. The molecule has 0 radical (unpaired) electrons. The smallest absolute Gasteiger partial charge is 0.327 e. The van der Waals surface area contributed by atoms with E-state index in [-0.39, 0.29) is 29.7 Å². The van der Waals surface area contributed by atoms with Crippen LogP contribution >= 0.6 is 0 Å². The monoisotopic (exact) mass is 539 g/mol. The molecule has 5 rings (SSSR count). The van der Waals surface area contributed by atoms with Crippen LogP contribution in [0.1, 0.15) is 34.0 Å². The number of nitrogens with zero attached hydrogens (tertiary/aromatic N) is 6. The Morgan fingerprint density at radius 1 is 1.00 bits per heavy atom. The fourth-order valence-electron chi connectivity index (χ4n) is 5.27. The number of aromatic nitrogens is 2. The molecule has 0 bridgehead atoms. The van der Waals surface area contributed by atoms with Crippen molar-refractivity contribution in [2.24, 2.45) is 0 Å². The number of rotatable bonds is 5. The molecule has 206 valence electrons. The second-order valence-electron chi connectivity index (χ2n) is 10.0. The van der Waals surface area contributed by atoms with Crippen molar-refractivity contribution in [1.29, 1.82) is 0 Å². The summed E-state index contributed by atoms with van der Waals surface area (Å²) < 4.78 is 42.3. The molecule has 0 aliphatic carbocycles. The number of halogens is 3. The molecule has 2 aliphatic heterocycles. The lowest BCUT2D eigenvalue weighted by Crippen LogP contribution is -2.45. The maximum Gasteiger partial charge on any atom is 0.416 e. The summed E-state index contributed by atoms with van der Waals surface area (Å²) in [5, 5.41) is 2.94. The van der Waals surface area contributed by atoms with Gasteiger partial charge in [0.1, 0.15) is 5.69 Å². The summed E-state index contributed by atoms with van der Waals surface area (Å²) in [6, 6.07) is 9.78. The van der Waals surface area contributed by atoms with Gasteiger partial charge in [-0.25, -0.2) is 4.98 Å². The molecule has 1 amide bonds. The topological polar surface area (TPSA) is 67.8 Å². The number of likely N-dealkylation sites (N-methyl/N-ethyl adjacent to an activating group) is 1. The van der Waals surface area contributed by atoms with Gasteiger partial charge in [0.25, 0.3) is 5.91 Å². The highest BCUT2D eigenvalue weighted by atomic mass is 19.4. The standard InChI is InChI=1S/C28H32F3N7O/c1-5-37-11-13-38(14-12-37)17-19-9-10-20(15-22(19)28(29,30)31)33-27-32-16-23-25(34-27)36(4)24-18(2)7-6-8-21(24)26(39)35(23)3/h6-10,15-16H,5,11-14,17H2,1-4H3,(H,32,33,34). The Hall–Kier alpha value is -3.70. The Morgan fingerprint density at radius 2 is 1.72 bits per heavy atom. The molecule has 39 heavy (non-hydrogen) atoms. The van der Waals surface area contributed by atoms with Crippen molar-refractivity contribution in [3.8, 4) is 0 Å². The summed E-state index contributed by atoms with van der Waals surface area (Å²) in [5.41, 5.74) is 2.46. The minimum atomic E-state index is -4.50. The Morgan fingerprint density at radius 3 is 2.41 bits per heavy atom. The van der Waals surface area contributed by atoms with Gasteiger partial charge in [-0.1, -0.05) is 25.1 Å². The van der Waals surface area contributed by atoms with Crippen molar-refractivity contribution in [1.82, 2.24) is 19.8 Å². The van der Waals surface area contributed by atoms with Gasteiger partial charge in [0.2, 0.25) is 5.95 Å². The van der Waals surface area contributed by atoms with E-state index in [0.29, 0.717) is 17.1 Å². The highest BCUT2D eigenvalue weighted by Crippen LogP contribution is 2.40. The molecular formula is C28H32F3N7O. The number of para-hydroxylation sites is 1. The average Bonchev–Trinajstić information content (AvgIpc) is 2.99. The van der Waals surface area contributed by atoms with Crippen molar-refractivity contribution in [2.75, 3.05) is 61.9 Å². The molecule has 11 heteroatoms. The zero-order chi connectivity index (χ0) is 27.9. The van der Waals surface area contributed by atoms with Crippen LogP contribution in [0.4, 0.5) is 42.0 Å². The van der Waals surface area contributed by atoms with E-state index in [4.69, 9.17) is 0 Å². The molecule has 1 fully saturated rings. The summed E-state index contributed by atoms with van der Waals surface area (Å²) >= 11 is 0. The number of amides is 1.